The van der Waals surface area contributed by atoms with E-state index in [9.17, 15) is 23.6 Å². The van der Waals surface area contributed by atoms with Crippen molar-refractivity contribution in [3.8, 4) is 5.88 Å². The van der Waals surface area contributed by atoms with Crippen molar-refractivity contribution >= 4 is 29.5 Å². The molecule has 0 aliphatic heterocycles. The number of halogens is 1. The normalized spacial score (nSPS) is 10.8. The molecule has 2 heterocycles. The van der Waals surface area contributed by atoms with E-state index in [1.165, 1.54) is 12.1 Å². The number of hydrogen-bond donors (Lipinski definition) is 1. The first-order valence-electron chi connectivity index (χ1n) is 9.05. The summed E-state index contributed by atoms with van der Waals surface area (Å²) < 4.78 is 19.9. The Labute approximate surface area is 170 Å². The van der Waals surface area contributed by atoms with Crippen molar-refractivity contribution in [3.63, 3.8) is 0 Å². The fourth-order valence-electron chi connectivity index (χ4n) is 3.40. The first kappa shape index (κ1) is 20.8. The Balaban J connectivity index is 2.35. The van der Waals surface area contributed by atoms with E-state index >= 15 is 0 Å². The van der Waals surface area contributed by atoms with Crippen LogP contribution in [0.25, 0.3) is 5.52 Å². The summed E-state index contributed by atoms with van der Waals surface area (Å²) in [5.74, 6) is -4.02. The molecule has 0 aliphatic rings. The lowest BCUT2D eigenvalue weighted by molar-refractivity contribution is -0.141. The minimum absolute atomic E-state index is 0.0286. The average molecular weight is 411 g/mol. The predicted molar refractivity (Wildman–Crippen MR) is 104 cm³/mol. The van der Waals surface area contributed by atoms with E-state index in [4.69, 9.17) is 10.5 Å². The molecule has 3 rings (SSSR count). The Morgan fingerprint density at radius 1 is 1.23 bits per heavy atom. The second-order valence-corrected chi connectivity index (χ2v) is 6.60. The number of ether oxygens (including phenoxy) is 1. The number of carbonyl (C=O) groups is 4. The third-order valence-electron chi connectivity index (χ3n) is 4.60. The highest BCUT2D eigenvalue weighted by Gasteiger charge is 2.29. The van der Waals surface area contributed by atoms with Crippen molar-refractivity contribution in [2.24, 2.45) is 5.73 Å². The summed E-state index contributed by atoms with van der Waals surface area (Å²) in [7, 11) is 0. The molecule has 9 heteroatoms. The number of Topliss-reactive ketones (excluding diaryl/α,β-unsaturated/α-hetero) is 1. The minimum atomic E-state index is -1.20. The fraction of sp³-hybridized carbons (Fsp3) is 0.190. The number of amides is 1. The van der Waals surface area contributed by atoms with Gasteiger partial charge in [-0.15, -0.1) is 0 Å². The molecule has 8 nitrogen and oxygen atoms in total. The highest BCUT2D eigenvalue weighted by atomic mass is 19.1. The van der Waals surface area contributed by atoms with Gasteiger partial charge >= 0.3 is 5.97 Å². The van der Waals surface area contributed by atoms with Crippen molar-refractivity contribution in [1.82, 2.24) is 9.38 Å². The van der Waals surface area contributed by atoms with E-state index < -0.39 is 17.7 Å². The number of nitrogens with two attached hydrogens (primary N) is 1. The summed E-state index contributed by atoms with van der Waals surface area (Å²) in [4.78, 5) is 50.9. The van der Waals surface area contributed by atoms with Gasteiger partial charge in [0.05, 0.1) is 11.3 Å². The molecule has 0 atom stereocenters. The summed E-state index contributed by atoms with van der Waals surface area (Å²) in [6.07, 6.45) is 2.23. The summed E-state index contributed by atoms with van der Waals surface area (Å²) in [5.41, 5.74) is 7.60. The number of fused-ring (bicyclic) bond motifs is 1. The second-order valence-electron chi connectivity index (χ2n) is 6.60. The summed E-state index contributed by atoms with van der Waals surface area (Å²) in [5, 5.41) is 0. The van der Waals surface area contributed by atoms with Crippen LogP contribution >= 0.6 is 0 Å². The van der Waals surface area contributed by atoms with Gasteiger partial charge in [-0.3, -0.25) is 14.4 Å². The van der Waals surface area contributed by atoms with Crippen LogP contribution in [0.4, 0.5) is 4.39 Å². The number of nitrogens with zero attached hydrogens (tertiary/aromatic N) is 2. The van der Waals surface area contributed by atoms with Crippen molar-refractivity contribution < 1.29 is 28.3 Å². The average Bonchev–Trinajstić information content (AvgIpc) is 3.01. The van der Waals surface area contributed by atoms with Gasteiger partial charge in [0.1, 0.15) is 11.3 Å². The maximum Gasteiger partial charge on any atom is 0.378 e. The molecule has 0 saturated carbocycles. The Kier molecular flexibility index (Phi) is 5.72. The largest absolute Gasteiger partial charge is 0.400 e. The Bertz CT molecular complexity index is 1180. The van der Waals surface area contributed by atoms with Crippen molar-refractivity contribution in [3.05, 3.63) is 64.4 Å². The first-order chi connectivity index (χ1) is 14.3. The molecule has 0 radical (unpaired) electrons. The zero-order chi connectivity index (χ0) is 22.0. The maximum absolute atomic E-state index is 13.3. The van der Waals surface area contributed by atoms with E-state index in [2.05, 4.69) is 4.98 Å². The van der Waals surface area contributed by atoms with Gasteiger partial charge in [0.25, 0.3) is 11.7 Å². The molecule has 0 spiro atoms. The van der Waals surface area contributed by atoms with Gasteiger partial charge in [-0.1, -0.05) is 19.1 Å². The molecule has 3 aromatic rings. The zero-order valence-corrected chi connectivity index (χ0v) is 16.3. The van der Waals surface area contributed by atoms with E-state index in [1.54, 1.807) is 36.6 Å². The molecule has 2 aromatic heterocycles. The molecule has 1 amide bonds. The van der Waals surface area contributed by atoms with E-state index in [0.717, 1.165) is 5.56 Å². The molecule has 30 heavy (non-hydrogen) atoms. The number of carbonyl (C=O) groups excluding carboxylic acids is 4. The maximum atomic E-state index is 13.3. The topological polar surface area (TPSA) is 121 Å². The van der Waals surface area contributed by atoms with Gasteiger partial charge in [-0.25, -0.2) is 14.2 Å². The van der Waals surface area contributed by atoms with Crippen LogP contribution in [0.15, 0.2) is 30.5 Å². The lowest BCUT2D eigenvalue weighted by Gasteiger charge is -2.09. The number of aldehydes is 1. The van der Waals surface area contributed by atoms with Crippen molar-refractivity contribution in [1.29, 1.82) is 0 Å². The van der Waals surface area contributed by atoms with Crippen LogP contribution in [0, 0.1) is 12.7 Å². The van der Waals surface area contributed by atoms with Crippen LogP contribution in [0.5, 0.6) is 5.88 Å². The second kappa shape index (κ2) is 8.24. The summed E-state index contributed by atoms with van der Waals surface area (Å²) in [6.45, 7) is 3.43. The van der Waals surface area contributed by atoms with E-state index in [1.807, 2.05) is 0 Å². The number of ketones is 1. The Morgan fingerprint density at radius 3 is 2.47 bits per heavy atom. The number of esters is 1. The molecule has 0 bridgehead atoms. The molecule has 1 aromatic carbocycles. The highest BCUT2D eigenvalue weighted by Crippen LogP contribution is 2.32. The number of aryl methyl sites for hydroxylation is 1. The number of benzene rings is 1. The first-order valence-corrected chi connectivity index (χ1v) is 9.05. The molecular weight excluding hydrogens is 393 g/mol. The van der Waals surface area contributed by atoms with Crippen molar-refractivity contribution in [2.75, 3.05) is 0 Å². The van der Waals surface area contributed by atoms with Crippen LogP contribution in [-0.2, 0) is 27.2 Å². The molecule has 0 unspecified atom stereocenters. The van der Waals surface area contributed by atoms with Gasteiger partial charge in [0.15, 0.2) is 0 Å². The smallest absolute Gasteiger partial charge is 0.378 e. The molecule has 0 saturated heterocycles. The highest BCUT2D eigenvalue weighted by molar-refractivity contribution is 6.44. The van der Waals surface area contributed by atoms with Gasteiger partial charge in [0, 0.05) is 18.3 Å². The SMILES string of the molecule is CCc1c(C(=O)C(N)=O)c2c(OC(=O)C=O)nc(C)cn2c1Cc1ccc(F)cc1. The van der Waals surface area contributed by atoms with Gasteiger partial charge in [-0.2, -0.15) is 0 Å². The van der Waals surface area contributed by atoms with E-state index in [0.29, 0.717) is 29.8 Å². The molecule has 0 fully saturated rings. The minimum Gasteiger partial charge on any atom is -0.400 e. The van der Waals surface area contributed by atoms with Gasteiger partial charge in [0.2, 0.25) is 12.2 Å². The number of hydrogen-bond acceptors (Lipinski definition) is 6. The van der Waals surface area contributed by atoms with Crippen LogP contribution in [-0.4, -0.2) is 33.3 Å². The van der Waals surface area contributed by atoms with Gasteiger partial charge in [-0.05, 0) is 36.6 Å². The monoisotopic (exact) mass is 411 g/mol. The summed E-state index contributed by atoms with van der Waals surface area (Å²) >= 11 is 0. The van der Waals surface area contributed by atoms with Crippen LogP contribution < -0.4 is 10.5 Å². The lowest BCUT2D eigenvalue weighted by Crippen LogP contribution is -2.24. The molecule has 0 aliphatic carbocycles. The predicted octanol–water partition coefficient (Wildman–Crippen LogP) is 1.71. The van der Waals surface area contributed by atoms with E-state index in [-0.39, 0.29) is 29.1 Å². The molecule has 2 N–H and O–H groups in total. The number of primary amides is 1. The number of rotatable bonds is 7. The zero-order valence-electron chi connectivity index (χ0n) is 16.3. The van der Waals surface area contributed by atoms with Crippen LogP contribution in [0.1, 0.15) is 39.8 Å². The lowest BCUT2D eigenvalue weighted by atomic mass is 9.99. The molecule has 154 valence electrons. The van der Waals surface area contributed by atoms with Crippen molar-refractivity contribution in [2.45, 2.75) is 26.7 Å². The Hall–Kier alpha value is -3.88. The van der Waals surface area contributed by atoms with Crippen LogP contribution in [0.3, 0.4) is 0 Å². The molecular formula is C21H18FN3O5. The standard InChI is InChI=1S/C21H18FN3O5/c1-3-14-15(8-12-4-6-13(22)7-5-12)25-9-11(2)24-21(30-16(27)10-26)18(25)17(14)19(28)20(23)29/h4-7,9-10H,3,8H2,1-2H3,(H2,23,29). The third kappa shape index (κ3) is 3.82. The van der Waals surface area contributed by atoms with Gasteiger partial charge < -0.3 is 14.9 Å². The van der Waals surface area contributed by atoms with Crippen LogP contribution in [0.2, 0.25) is 0 Å². The Morgan fingerprint density at radius 2 is 1.90 bits per heavy atom. The quantitative estimate of drug-likeness (QED) is 0.273. The number of aromatic nitrogens is 2. The fourth-order valence-corrected chi connectivity index (χ4v) is 3.40. The summed E-state index contributed by atoms with van der Waals surface area (Å²) in [6, 6.07) is 5.84. The third-order valence-corrected chi connectivity index (χ3v) is 4.60.